The zero-order chi connectivity index (χ0) is 11.0. The molecule has 1 aliphatic rings. The van der Waals surface area contributed by atoms with Gasteiger partial charge in [-0.3, -0.25) is 14.9 Å². The fourth-order valence-corrected chi connectivity index (χ4v) is 1.96. The Morgan fingerprint density at radius 2 is 2.27 bits per heavy atom. The summed E-state index contributed by atoms with van der Waals surface area (Å²) in [5, 5.41) is 19.5. The minimum atomic E-state index is -0.908. The van der Waals surface area contributed by atoms with Crippen molar-refractivity contribution < 1.29 is 14.8 Å². The van der Waals surface area contributed by atoms with E-state index in [9.17, 15) is 14.9 Å². The number of hydrogen-bond acceptors (Lipinski definition) is 3. The van der Waals surface area contributed by atoms with Crippen LogP contribution in [-0.4, -0.2) is 16.0 Å². The molecule has 1 aromatic carbocycles. The molecule has 15 heavy (non-hydrogen) atoms. The maximum atomic E-state index is 10.9. The van der Waals surface area contributed by atoms with Gasteiger partial charge in [-0.25, -0.2) is 0 Å². The van der Waals surface area contributed by atoms with Crippen molar-refractivity contribution in [1.29, 1.82) is 0 Å². The predicted molar refractivity (Wildman–Crippen MR) is 51.8 cm³/mol. The molecule has 1 aromatic rings. The lowest BCUT2D eigenvalue weighted by Crippen LogP contribution is -2.07. The van der Waals surface area contributed by atoms with Gasteiger partial charge in [0.25, 0.3) is 5.69 Å². The summed E-state index contributed by atoms with van der Waals surface area (Å²) < 4.78 is 0. The number of carboxylic acids is 1. The second-order valence-corrected chi connectivity index (χ2v) is 3.57. The first-order valence-electron chi connectivity index (χ1n) is 4.59. The van der Waals surface area contributed by atoms with Crippen LogP contribution in [0.4, 0.5) is 5.69 Å². The van der Waals surface area contributed by atoms with Gasteiger partial charge >= 0.3 is 5.97 Å². The molecule has 0 aliphatic heterocycles. The average Bonchev–Trinajstić information content (AvgIpc) is 2.59. The molecular formula is C10H9NO4. The van der Waals surface area contributed by atoms with Crippen molar-refractivity contribution in [3.8, 4) is 0 Å². The van der Waals surface area contributed by atoms with Gasteiger partial charge in [0.15, 0.2) is 0 Å². The molecule has 0 aromatic heterocycles. The van der Waals surface area contributed by atoms with Crippen molar-refractivity contribution in [1.82, 2.24) is 0 Å². The quantitative estimate of drug-likeness (QED) is 0.591. The van der Waals surface area contributed by atoms with E-state index in [1.54, 1.807) is 6.07 Å². The van der Waals surface area contributed by atoms with Gasteiger partial charge < -0.3 is 5.11 Å². The van der Waals surface area contributed by atoms with Crippen LogP contribution in [0.5, 0.6) is 0 Å². The van der Waals surface area contributed by atoms with Crippen molar-refractivity contribution in [3.05, 3.63) is 39.4 Å². The molecule has 1 N–H and O–H groups in total. The third-order valence-corrected chi connectivity index (χ3v) is 2.72. The molecule has 5 nitrogen and oxygen atoms in total. The zero-order valence-corrected chi connectivity index (χ0v) is 7.84. The fraction of sp³-hybridized carbons (Fsp3) is 0.300. The molecule has 5 heteroatoms. The number of benzene rings is 1. The van der Waals surface area contributed by atoms with Crippen LogP contribution in [0.15, 0.2) is 18.2 Å². The summed E-state index contributed by atoms with van der Waals surface area (Å²) in [5.41, 5.74) is 1.46. The minimum Gasteiger partial charge on any atom is -0.481 e. The van der Waals surface area contributed by atoms with Crippen LogP contribution in [0.2, 0.25) is 0 Å². The number of carbonyl (C=O) groups is 1. The number of aryl methyl sites for hydroxylation is 1. The smallest absolute Gasteiger partial charge is 0.310 e. The number of rotatable bonds is 2. The number of nitro benzene ring substituents is 1. The highest BCUT2D eigenvalue weighted by molar-refractivity contribution is 5.78. The molecule has 2 rings (SSSR count). The average molecular weight is 207 g/mol. The molecule has 0 saturated heterocycles. The van der Waals surface area contributed by atoms with E-state index in [1.807, 2.05) is 0 Å². The standard InChI is InChI=1S/C10H9NO4/c12-10(13)8-4-2-6-1-3-7(11(14)15)5-9(6)8/h1,3,5,8H,2,4H2,(H,12,13)/t8-/m0/s1. The first-order valence-corrected chi connectivity index (χ1v) is 4.59. The minimum absolute atomic E-state index is 0.0399. The van der Waals surface area contributed by atoms with E-state index in [-0.39, 0.29) is 5.69 Å². The summed E-state index contributed by atoms with van der Waals surface area (Å²) >= 11 is 0. The summed E-state index contributed by atoms with van der Waals surface area (Å²) in [6.45, 7) is 0. The van der Waals surface area contributed by atoms with E-state index in [0.717, 1.165) is 5.56 Å². The van der Waals surface area contributed by atoms with Gasteiger partial charge in [-0.2, -0.15) is 0 Å². The third kappa shape index (κ3) is 1.56. The maximum Gasteiger partial charge on any atom is 0.310 e. The Bertz CT molecular complexity index is 441. The van der Waals surface area contributed by atoms with Crippen molar-refractivity contribution >= 4 is 11.7 Å². The monoisotopic (exact) mass is 207 g/mol. The van der Waals surface area contributed by atoms with Gasteiger partial charge in [0.05, 0.1) is 10.8 Å². The summed E-state index contributed by atoms with van der Waals surface area (Å²) in [6.07, 6.45) is 1.22. The lowest BCUT2D eigenvalue weighted by molar-refractivity contribution is -0.384. The lowest BCUT2D eigenvalue weighted by atomic mass is 10.0. The van der Waals surface area contributed by atoms with Gasteiger partial charge in [0, 0.05) is 12.1 Å². The molecule has 0 heterocycles. The van der Waals surface area contributed by atoms with Crippen LogP contribution in [0, 0.1) is 10.1 Å². The van der Waals surface area contributed by atoms with E-state index < -0.39 is 16.8 Å². The number of non-ortho nitro benzene ring substituents is 1. The molecule has 1 aliphatic carbocycles. The van der Waals surface area contributed by atoms with Crippen molar-refractivity contribution in [2.75, 3.05) is 0 Å². The molecule has 0 fully saturated rings. The van der Waals surface area contributed by atoms with E-state index in [1.165, 1.54) is 12.1 Å². The first-order chi connectivity index (χ1) is 7.09. The van der Waals surface area contributed by atoms with Crippen LogP contribution in [0.1, 0.15) is 23.5 Å². The van der Waals surface area contributed by atoms with Crippen molar-refractivity contribution in [2.24, 2.45) is 0 Å². The molecule has 0 bridgehead atoms. The molecule has 78 valence electrons. The Morgan fingerprint density at radius 3 is 2.87 bits per heavy atom. The number of nitro groups is 1. The first kappa shape index (κ1) is 9.64. The fourth-order valence-electron chi connectivity index (χ4n) is 1.96. The molecule has 1 atom stereocenters. The molecule has 0 unspecified atom stereocenters. The van der Waals surface area contributed by atoms with Crippen molar-refractivity contribution in [2.45, 2.75) is 18.8 Å². The van der Waals surface area contributed by atoms with Gasteiger partial charge in [0.2, 0.25) is 0 Å². The molecule has 0 saturated carbocycles. The Hall–Kier alpha value is -1.91. The van der Waals surface area contributed by atoms with Gasteiger partial charge in [-0.1, -0.05) is 6.07 Å². The Morgan fingerprint density at radius 1 is 1.53 bits per heavy atom. The van der Waals surface area contributed by atoms with Gasteiger partial charge in [-0.05, 0) is 24.0 Å². The maximum absolute atomic E-state index is 10.9. The number of carboxylic acid groups (broad SMARTS) is 1. The van der Waals surface area contributed by atoms with E-state index in [0.29, 0.717) is 18.4 Å². The topological polar surface area (TPSA) is 80.4 Å². The SMILES string of the molecule is O=C(O)[C@H]1CCc2ccc([N+](=O)[O-])cc21. The molecule has 0 amide bonds. The molecule has 0 spiro atoms. The zero-order valence-electron chi connectivity index (χ0n) is 7.84. The van der Waals surface area contributed by atoms with Crippen molar-refractivity contribution in [3.63, 3.8) is 0 Å². The highest BCUT2D eigenvalue weighted by Gasteiger charge is 2.29. The second kappa shape index (κ2) is 3.34. The van der Waals surface area contributed by atoms with Gasteiger partial charge in [0.1, 0.15) is 0 Å². The lowest BCUT2D eigenvalue weighted by Gasteiger charge is -2.04. The highest BCUT2D eigenvalue weighted by atomic mass is 16.6. The van der Waals surface area contributed by atoms with Crippen LogP contribution in [0.3, 0.4) is 0 Å². The molecule has 0 radical (unpaired) electrons. The normalized spacial score (nSPS) is 18.5. The van der Waals surface area contributed by atoms with E-state index in [2.05, 4.69) is 0 Å². The van der Waals surface area contributed by atoms with Crippen LogP contribution < -0.4 is 0 Å². The summed E-state index contributed by atoms with van der Waals surface area (Å²) in [4.78, 5) is 20.9. The number of hydrogen-bond donors (Lipinski definition) is 1. The Balaban J connectivity index is 2.46. The summed E-state index contributed by atoms with van der Waals surface area (Å²) in [7, 11) is 0. The highest BCUT2D eigenvalue weighted by Crippen LogP contribution is 2.35. The third-order valence-electron chi connectivity index (χ3n) is 2.72. The predicted octanol–water partition coefficient (Wildman–Crippen LogP) is 1.71. The van der Waals surface area contributed by atoms with Crippen LogP contribution >= 0.6 is 0 Å². The van der Waals surface area contributed by atoms with Gasteiger partial charge in [-0.15, -0.1) is 0 Å². The largest absolute Gasteiger partial charge is 0.481 e. The van der Waals surface area contributed by atoms with Crippen LogP contribution in [0.25, 0.3) is 0 Å². The number of aliphatic carboxylic acids is 1. The number of nitrogens with zero attached hydrogens (tertiary/aromatic N) is 1. The Kier molecular flexibility index (Phi) is 2.15. The van der Waals surface area contributed by atoms with E-state index in [4.69, 9.17) is 5.11 Å². The summed E-state index contributed by atoms with van der Waals surface area (Å²) in [5.74, 6) is -1.49. The molecular weight excluding hydrogens is 198 g/mol. The van der Waals surface area contributed by atoms with E-state index >= 15 is 0 Å². The second-order valence-electron chi connectivity index (χ2n) is 3.57. The summed E-state index contributed by atoms with van der Waals surface area (Å²) in [6, 6.07) is 4.45. The number of fused-ring (bicyclic) bond motifs is 1. The van der Waals surface area contributed by atoms with Crippen LogP contribution in [-0.2, 0) is 11.2 Å². The Labute approximate surface area is 85.5 Å².